The number of anilines is 2. The van der Waals surface area contributed by atoms with Gasteiger partial charge in [-0.25, -0.2) is 9.97 Å². The zero-order valence-electron chi connectivity index (χ0n) is 22.3. The second-order valence-corrected chi connectivity index (χ2v) is 10.6. The average Bonchev–Trinajstić information content (AvgIpc) is 3.36. The molecular formula is C30H34ClN7O. The van der Waals surface area contributed by atoms with Crippen molar-refractivity contribution < 1.29 is 4.79 Å². The standard InChI is InChI=1S/C30H34ClN7O/c1-37(2)15-5-8-28(39)34-22-11-9-21(10-12-22)20-38-16-13-23(14-17-38)35-30-33-19-26(31)29(36-30)25-18-32-27-7-4-3-6-24(25)27/h3-12,18-19,23,32H,13-17,20H2,1-2H3,(H,34,39)(H,33,35,36)/b8-5+. The van der Waals surface area contributed by atoms with Gasteiger partial charge in [-0.05, 0) is 50.7 Å². The summed E-state index contributed by atoms with van der Waals surface area (Å²) in [5.41, 5.74) is 4.79. The van der Waals surface area contributed by atoms with Gasteiger partial charge in [-0.2, -0.15) is 0 Å². The van der Waals surface area contributed by atoms with Crippen LogP contribution in [0.25, 0.3) is 22.2 Å². The van der Waals surface area contributed by atoms with Crippen LogP contribution in [0.2, 0.25) is 5.02 Å². The molecule has 9 heteroatoms. The van der Waals surface area contributed by atoms with Crippen LogP contribution in [-0.4, -0.2) is 70.4 Å². The molecule has 0 atom stereocenters. The molecule has 4 aromatic rings. The number of fused-ring (bicyclic) bond motifs is 1. The van der Waals surface area contributed by atoms with Crippen molar-refractivity contribution in [2.75, 3.05) is 44.4 Å². The van der Waals surface area contributed by atoms with Crippen LogP contribution in [0.4, 0.5) is 11.6 Å². The smallest absolute Gasteiger partial charge is 0.248 e. The molecule has 0 aliphatic carbocycles. The first kappa shape index (κ1) is 26.9. The van der Waals surface area contributed by atoms with Gasteiger partial charge in [0, 0.05) is 66.6 Å². The number of rotatable bonds is 9. The number of hydrogen-bond acceptors (Lipinski definition) is 6. The number of nitrogens with zero attached hydrogens (tertiary/aromatic N) is 4. The van der Waals surface area contributed by atoms with Crippen molar-refractivity contribution in [2.24, 2.45) is 0 Å². The first-order valence-corrected chi connectivity index (χ1v) is 13.6. The van der Waals surface area contributed by atoms with E-state index in [1.807, 2.05) is 61.6 Å². The van der Waals surface area contributed by atoms with E-state index < -0.39 is 0 Å². The number of H-pyrrole nitrogens is 1. The zero-order valence-corrected chi connectivity index (χ0v) is 23.1. The van der Waals surface area contributed by atoms with Gasteiger partial charge in [0.15, 0.2) is 0 Å². The van der Waals surface area contributed by atoms with Crippen molar-refractivity contribution in [1.82, 2.24) is 24.8 Å². The Labute approximate surface area is 234 Å². The number of aromatic amines is 1. The van der Waals surface area contributed by atoms with E-state index in [0.717, 1.165) is 66.9 Å². The van der Waals surface area contributed by atoms with Crippen LogP contribution < -0.4 is 10.6 Å². The summed E-state index contributed by atoms with van der Waals surface area (Å²) in [7, 11) is 3.94. The number of carbonyl (C=O) groups is 1. The van der Waals surface area contributed by atoms with Crippen molar-refractivity contribution in [3.63, 3.8) is 0 Å². The number of amides is 1. The van der Waals surface area contributed by atoms with Crippen LogP contribution in [0.3, 0.4) is 0 Å². The normalized spacial score (nSPS) is 14.9. The molecule has 39 heavy (non-hydrogen) atoms. The van der Waals surface area contributed by atoms with Crippen molar-refractivity contribution in [3.8, 4) is 11.3 Å². The summed E-state index contributed by atoms with van der Waals surface area (Å²) in [5, 5.41) is 8.06. The summed E-state index contributed by atoms with van der Waals surface area (Å²) >= 11 is 6.49. The van der Waals surface area contributed by atoms with E-state index in [1.54, 1.807) is 12.3 Å². The second-order valence-electron chi connectivity index (χ2n) is 10.2. The summed E-state index contributed by atoms with van der Waals surface area (Å²) in [6, 6.07) is 16.5. The van der Waals surface area contributed by atoms with Gasteiger partial charge in [-0.1, -0.05) is 48.0 Å². The minimum Gasteiger partial charge on any atom is -0.360 e. The first-order valence-electron chi connectivity index (χ1n) is 13.2. The van der Waals surface area contributed by atoms with Gasteiger partial charge < -0.3 is 20.5 Å². The van der Waals surface area contributed by atoms with E-state index in [2.05, 4.69) is 43.7 Å². The highest BCUT2D eigenvalue weighted by molar-refractivity contribution is 6.33. The molecule has 0 unspecified atom stereocenters. The van der Waals surface area contributed by atoms with Gasteiger partial charge in [-0.15, -0.1) is 0 Å². The Bertz CT molecular complexity index is 1440. The maximum Gasteiger partial charge on any atom is 0.248 e. The first-order chi connectivity index (χ1) is 18.9. The molecule has 8 nitrogen and oxygen atoms in total. The van der Waals surface area contributed by atoms with Crippen LogP contribution in [0.15, 0.2) is 73.1 Å². The number of halogens is 1. The van der Waals surface area contributed by atoms with Crippen LogP contribution in [-0.2, 0) is 11.3 Å². The number of aromatic nitrogens is 3. The maximum atomic E-state index is 12.1. The van der Waals surface area contributed by atoms with E-state index in [9.17, 15) is 4.79 Å². The van der Waals surface area contributed by atoms with E-state index in [1.165, 1.54) is 5.56 Å². The Morgan fingerprint density at radius 2 is 1.92 bits per heavy atom. The minimum atomic E-state index is -0.114. The Hall–Kier alpha value is -3.72. The largest absolute Gasteiger partial charge is 0.360 e. The fourth-order valence-corrected chi connectivity index (χ4v) is 5.01. The van der Waals surface area contributed by atoms with E-state index in [-0.39, 0.29) is 5.91 Å². The topological polar surface area (TPSA) is 89.2 Å². The number of para-hydroxylation sites is 1. The molecule has 2 aromatic heterocycles. The van der Waals surface area contributed by atoms with Gasteiger partial charge in [0.2, 0.25) is 11.9 Å². The van der Waals surface area contributed by atoms with Gasteiger partial charge in [-0.3, -0.25) is 9.69 Å². The molecule has 2 aromatic carbocycles. The molecule has 1 aliphatic heterocycles. The SMILES string of the molecule is CN(C)C/C=C/C(=O)Nc1ccc(CN2CCC(Nc3ncc(Cl)c(-c4c[nH]c5ccccc45)n3)CC2)cc1. The number of benzene rings is 2. The predicted octanol–water partition coefficient (Wildman–Crippen LogP) is 5.41. The lowest BCUT2D eigenvalue weighted by Crippen LogP contribution is -2.39. The van der Waals surface area contributed by atoms with Gasteiger partial charge in [0.1, 0.15) is 0 Å². The number of likely N-dealkylation sites (N-methyl/N-ethyl adjacent to an activating group) is 1. The summed E-state index contributed by atoms with van der Waals surface area (Å²) in [5.74, 6) is 0.490. The summed E-state index contributed by atoms with van der Waals surface area (Å²) in [6.45, 7) is 3.58. The molecule has 0 saturated carbocycles. The average molecular weight is 544 g/mol. The number of likely N-dealkylation sites (tertiary alicyclic amines) is 1. The summed E-state index contributed by atoms with van der Waals surface area (Å²) in [6.07, 6.45) is 9.05. The Balaban J connectivity index is 1.12. The van der Waals surface area contributed by atoms with Gasteiger partial charge in [0.25, 0.3) is 0 Å². The van der Waals surface area contributed by atoms with E-state index >= 15 is 0 Å². The number of hydrogen-bond donors (Lipinski definition) is 3. The molecule has 1 aliphatic rings. The number of carbonyl (C=O) groups excluding carboxylic acids is 1. The highest BCUT2D eigenvalue weighted by Crippen LogP contribution is 2.32. The van der Waals surface area contributed by atoms with Crippen molar-refractivity contribution in [2.45, 2.75) is 25.4 Å². The van der Waals surface area contributed by atoms with Gasteiger partial charge in [0.05, 0.1) is 16.9 Å². The third-order valence-corrected chi connectivity index (χ3v) is 7.15. The van der Waals surface area contributed by atoms with Crippen molar-refractivity contribution in [1.29, 1.82) is 0 Å². The highest BCUT2D eigenvalue weighted by Gasteiger charge is 2.21. The Morgan fingerprint density at radius 1 is 1.15 bits per heavy atom. The zero-order chi connectivity index (χ0) is 27.2. The summed E-state index contributed by atoms with van der Waals surface area (Å²) < 4.78 is 0. The fraction of sp³-hybridized carbons (Fsp3) is 0.300. The lowest BCUT2D eigenvalue weighted by Gasteiger charge is -2.32. The molecule has 1 fully saturated rings. The molecular weight excluding hydrogens is 510 g/mol. The molecule has 0 radical (unpaired) electrons. The van der Waals surface area contributed by atoms with E-state index in [4.69, 9.17) is 16.6 Å². The third-order valence-electron chi connectivity index (χ3n) is 6.88. The summed E-state index contributed by atoms with van der Waals surface area (Å²) in [4.78, 5) is 29.0. The highest BCUT2D eigenvalue weighted by atomic mass is 35.5. The van der Waals surface area contributed by atoms with Crippen LogP contribution in [0.1, 0.15) is 18.4 Å². The maximum absolute atomic E-state index is 12.1. The van der Waals surface area contributed by atoms with Crippen LogP contribution in [0, 0.1) is 0 Å². The molecule has 1 saturated heterocycles. The van der Waals surface area contributed by atoms with Crippen molar-refractivity contribution in [3.05, 3.63) is 83.7 Å². The molecule has 1 amide bonds. The second kappa shape index (κ2) is 12.4. The number of nitrogens with one attached hydrogen (secondary N) is 3. The molecule has 0 bridgehead atoms. The Morgan fingerprint density at radius 3 is 2.69 bits per heavy atom. The fourth-order valence-electron chi connectivity index (χ4n) is 4.82. The lowest BCUT2D eigenvalue weighted by molar-refractivity contribution is -0.111. The number of piperidine rings is 1. The Kier molecular flexibility index (Phi) is 8.56. The molecule has 3 heterocycles. The molecule has 3 N–H and O–H groups in total. The molecule has 202 valence electrons. The molecule has 5 rings (SSSR count). The predicted molar refractivity (Wildman–Crippen MR) is 159 cm³/mol. The third kappa shape index (κ3) is 7.03. The van der Waals surface area contributed by atoms with Crippen LogP contribution in [0.5, 0.6) is 0 Å². The quantitative estimate of drug-likeness (QED) is 0.245. The van der Waals surface area contributed by atoms with Gasteiger partial charge >= 0.3 is 0 Å². The monoisotopic (exact) mass is 543 g/mol. The van der Waals surface area contributed by atoms with Crippen molar-refractivity contribution >= 4 is 40.0 Å². The van der Waals surface area contributed by atoms with E-state index in [0.29, 0.717) is 17.0 Å². The minimum absolute atomic E-state index is 0.114. The lowest BCUT2D eigenvalue weighted by atomic mass is 10.0. The van der Waals surface area contributed by atoms with Crippen LogP contribution >= 0.6 is 11.6 Å². The molecule has 0 spiro atoms.